The standard InChI is InChI=1S/C21H26N6O2/c1-5-18(28)27-10-9-16(14(27)3)26(4)17-12-23-19(20(22)29)21(25-17)24-15-8-6-7-13(2)11-15/h5-8,11-12,14,16H,1,9-10H2,2-4H3,(H2,22,29)(H,24,25)/t14-,16-/m1/s1. The second kappa shape index (κ2) is 8.30. The van der Waals surface area contributed by atoms with E-state index in [0.29, 0.717) is 18.2 Å². The minimum absolute atomic E-state index is 0.00343. The van der Waals surface area contributed by atoms with Crippen LogP contribution in [0.2, 0.25) is 0 Å². The number of benzene rings is 1. The average Bonchev–Trinajstić information content (AvgIpc) is 3.08. The van der Waals surface area contributed by atoms with Gasteiger partial charge in [-0.25, -0.2) is 9.97 Å². The Morgan fingerprint density at radius 3 is 2.83 bits per heavy atom. The van der Waals surface area contributed by atoms with Gasteiger partial charge in [0.2, 0.25) is 5.91 Å². The molecule has 2 heterocycles. The lowest BCUT2D eigenvalue weighted by Gasteiger charge is -2.31. The third-order valence-corrected chi connectivity index (χ3v) is 5.30. The highest BCUT2D eigenvalue weighted by Crippen LogP contribution is 2.27. The highest BCUT2D eigenvalue weighted by atomic mass is 16.2. The minimum Gasteiger partial charge on any atom is -0.364 e. The largest absolute Gasteiger partial charge is 0.364 e. The summed E-state index contributed by atoms with van der Waals surface area (Å²) in [5, 5.41) is 3.15. The van der Waals surface area contributed by atoms with E-state index in [-0.39, 0.29) is 23.7 Å². The van der Waals surface area contributed by atoms with Crippen molar-refractivity contribution in [3.8, 4) is 0 Å². The second-order valence-corrected chi connectivity index (χ2v) is 7.23. The summed E-state index contributed by atoms with van der Waals surface area (Å²) in [7, 11) is 1.91. The molecule has 1 aromatic heterocycles. The van der Waals surface area contributed by atoms with Gasteiger partial charge >= 0.3 is 0 Å². The van der Waals surface area contributed by atoms with E-state index in [1.807, 2.05) is 50.1 Å². The highest BCUT2D eigenvalue weighted by molar-refractivity contribution is 5.96. The molecule has 0 spiro atoms. The van der Waals surface area contributed by atoms with Crippen LogP contribution >= 0.6 is 0 Å². The Labute approximate surface area is 170 Å². The summed E-state index contributed by atoms with van der Waals surface area (Å²) in [6.45, 7) is 8.21. The van der Waals surface area contributed by atoms with E-state index < -0.39 is 5.91 Å². The molecule has 2 aromatic rings. The number of likely N-dealkylation sites (N-methyl/N-ethyl adjacent to an activating group) is 1. The van der Waals surface area contributed by atoms with Gasteiger partial charge in [0.25, 0.3) is 5.91 Å². The van der Waals surface area contributed by atoms with Crippen molar-refractivity contribution in [2.24, 2.45) is 5.73 Å². The lowest BCUT2D eigenvalue weighted by Crippen LogP contribution is -2.43. The van der Waals surface area contributed by atoms with Crippen molar-refractivity contribution in [1.82, 2.24) is 14.9 Å². The molecule has 3 rings (SSSR count). The number of anilines is 3. The van der Waals surface area contributed by atoms with Gasteiger partial charge in [-0.1, -0.05) is 18.7 Å². The number of nitrogens with one attached hydrogen (secondary N) is 1. The molecule has 29 heavy (non-hydrogen) atoms. The molecule has 0 unspecified atom stereocenters. The molecule has 8 nitrogen and oxygen atoms in total. The van der Waals surface area contributed by atoms with Gasteiger partial charge in [-0.05, 0) is 44.0 Å². The first-order valence-electron chi connectivity index (χ1n) is 9.48. The number of carbonyl (C=O) groups excluding carboxylic acids is 2. The monoisotopic (exact) mass is 394 g/mol. The Balaban J connectivity index is 1.89. The van der Waals surface area contributed by atoms with Crippen molar-refractivity contribution in [2.45, 2.75) is 32.4 Å². The van der Waals surface area contributed by atoms with Crippen LogP contribution in [0.25, 0.3) is 0 Å². The average molecular weight is 394 g/mol. The lowest BCUT2D eigenvalue weighted by molar-refractivity contribution is -0.126. The van der Waals surface area contributed by atoms with Crippen molar-refractivity contribution in [2.75, 3.05) is 23.8 Å². The van der Waals surface area contributed by atoms with Crippen LogP contribution in [0.4, 0.5) is 17.3 Å². The van der Waals surface area contributed by atoms with E-state index in [9.17, 15) is 9.59 Å². The normalized spacial score (nSPS) is 18.4. The minimum atomic E-state index is -0.654. The fourth-order valence-electron chi connectivity index (χ4n) is 3.72. The summed E-state index contributed by atoms with van der Waals surface area (Å²) in [5.74, 6) is 0.163. The summed E-state index contributed by atoms with van der Waals surface area (Å²) in [5.41, 5.74) is 7.43. The van der Waals surface area contributed by atoms with E-state index in [0.717, 1.165) is 17.7 Å². The second-order valence-electron chi connectivity index (χ2n) is 7.23. The maximum atomic E-state index is 12.0. The number of nitrogens with zero attached hydrogens (tertiary/aromatic N) is 4. The molecule has 8 heteroatoms. The zero-order chi connectivity index (χ0) is 21.1. The van der Waals surface area contributed by atoms with E-state index in [2.05, 4.69) is 21.9 Å². The van der Waals surface area contributed by atoms with Gasteiger partial charge in [0, 0.05) is 25.3 Å². The molecule has 152 valence electrons. The quantitative estimate of drug-likeness (QED) is 0.728. The van der Waals surface area contributed by atoms with Gasteiger partial charge in [-0.3, -0.25) is 9.59 Å². The number of hydrogen-bond acceptors (Lipinski definition) is 6. The Bertz CT molecular complexity index is 945. The fraction of sp³-hybridized carbons (Fsp3) is 0.333. The number of aryl methyl sites for hydroxylation is 1. The number of amides is 2. The molecule has 0 aliphatic carbocycles. The highest BCUT2D eigenvalue weighted by Gasteiger charge is 2.36. The first-order chi connectivity index (χ1) is 13.8. The number of carbonyl (C=O) groups is 2. The molecule has 2 atom stereocenters. The van der Waals surface area contributed by atoms with Crippen LogP contribution in [0.5, 0.6) is 0 Å². The van der Waals surface area contributed by atoms with Crippen LogP contribution in [0.1, 0.15) is 29.4 Å². The van der Waals surface area contributed by atoms with E-state index in [4.69, 9.17) is 5.73 Å². The van der Waals surface area contributed by atoms with E-state index in [1.54, 1.807) is 4.90 Å². The summed E-state index contributed by atoms with van der Waals surface area (Å²) < 4.78 is 0. The van der Waals surface area contributed by atoms with Crippen molar-refractivity contribution in [3.05, 3.63) is 54.4 Å². The van der Waals surface area contributed by atoms with Gasteiger partial charge in [-0.15, -0.1) is 0 Å². The maximum Gasteiger partial charge on any atom is 0.271 e. The van der Waals surface area contributed by atoms with Gasteiger partial charge in [0.15, 0.2) is 11.5 Å². The third-order valence-electron chi connectivity index (χ3n) is 5.30. The molecule has 0 saturated carbocycles. The predicted octanol–water partition coefficient (Wildman–Crippen LogP) is 2.24. The molecule has 2 amide bonds. The van der Waals surface area contributed by atoms with E-state index in [1.165, 1.54) is 12.3 Å². The van der Waals surface area contributed by atoms with E-state index >= 15 is 0 Å². The number of hydrogen-bond donors (Lipinski definition) is 2. The zero-order valence-electron chi connectivity index (χ0n) is 16.9. The molecule has 1 fully saturated rings. The number of likely N-dealkylation sites (tertiary alicyclic amines) is 1. The molecular weight excluding hydrogens is 368 g/mol. The van der Waals surface area contributed by atoms with Gasteiger partial charge < -0.3 is 20.9 Å². The van der Waals surface area contributed by atoms with Gasteiger partial charge in [-0.2, -0.15) is 0 Å². The van der Waals surface area contributed by atoms with Crippen LogP contribution in [0, 0.1) is 6.92 Å². The van der Waals surface area contributed by atoms with Crippen LogP contribution < -0.4 is 16.0 Å². The Kier molecular flexibility index (Phi) is 5.81. The summed E-state index contributed by atoms with van der Waals surface area (Å²) >= 11 is 0. The lowest BCUT2D eigenvalue weighted by atomic mass is 10.1. The van der Waals surface area contributed by atoms with Crippen LogP contribution in [0.3, 0.4) is 0 Å². The molecule has 0 radical (unpaired) electrons. The molecule has 0 bridgehead atoms. The zero-order valence-corrected chi connectivity index (χ0v) is 16.9. The maximum absolute atomic E-state index is 12.0. The van der Waals surface area contributed by atoms with Crippen LogP contribution in [-0.2, 0) is 4.79 Å². The number of nitrogens with two attached hydrogens (primary N) is 1. The van der Waals surface area contributed by atoms with Crippen LogP contribution in [-0.4, -0.2) is 52.4 Å². The molecular formula is C21H26N6O2. The molecule has 3 N–H and O–H groups in total. The molecule has 1 aliphatic rings. The topological polar surface area (TPSA) is 104 Å². The molecule has 1 aliphatic heterocycles. The fourth-order valence-corrected chi connectivity index (χ4v) is 3.72. The number of rotatable bonds is 6. The Morgan fingerprint density at radius 1 is 1.41 bits per heavy atom. The predicted molar refractivity (Wildman–Crippen MR) is 113 cm³/mol. The van der Waals surface area contributed by atoms with Crippen molar-refractivity contribution in [1.29, 1.82) is 0 Å². The first kappa shape index (κ1) is 20.3. The number of primary amides is 1. The van der Waals surface area contributed by atoms with Crippen LogP contribution in [0.15, 0.2) is 43.1 Å². The van der Waals surface area contributed by atoms with Gasteiger partial charge in [0.05, 0.1) is 12.2 Å². The van der Waals surface area contributed by atoms with Crippen molar-refractivity contribution < 1.29 is 9.59 Å². The third kappa shape index (κ3) is 4.21. The molecule has 1 saturated heterocycles. The van der Waals surface area contributed by atoms with Crippen molar-refractivity contribution in [3.63, 3.8) is 0 Å². The van der Waals surface area contributed by atoms with Gasteiger partial charge in [0.1, 0.15) is 5.82 Å². The SMILES string of the molecule is C=CC(=O)N1CC[C@@H](N(C)c2cnc(C(N)=O)c(Nc3cccc(C)c3)n2)[C@H]1C. The summed E-state index contributed by atoms with van der Waals surface area (Å²) in [6.07, 6.45) is 3.67. The summed E-state index contributed by atoms with van der Waals surface area (Å²) in [6, 6.07) is 7.79. The number of aromatic nitrogens is 2. The Morgan fingerprint density at radius 2 is 2.17 bits per heavy atom. The first-order valence-corrected chi connectivity index (χ1v) is 9.48. The van der Waals surface area contributed by atoms with Crippen molar-refractivity contribution >= 4 is 29.1 Å². The Hall–Kier alpha value is -3.42. The molecule has 1 aromatic carbocycles. The smallest absolute Gasteiger partial charge is 0.271 e. The summed E-state index contributed by atoms with van der Waals surface area (Å²) in [4.78, 5) is 36.5.